The van der Waals surface area contributed by atoms with Crippen molar-refractivity contribution >= 4 is 11.6 Å². The van der Waals surface area contributed by atoms with Gasteiger partial charge in [0.05, 0.1) is 0 Å². The van der Waals surface area contributed by atoms with E-state index < -0.39 is 0 Å². The summed E-state index contributed by atoms with van der Waals surface area (Å²) in [5.74, 6) is 0.155. The first-order valence-electron chi connectivity index (χ1n) is 6.38. The molecule has 3 N–H and O–H groups in total. The molecule has 1 aliphatic carbocycles. The van der Waals surface area contributed by atoms with Gasteiger partial charge in [-0.1, -0.05) is 37.5 Å². The van der Waals surface area contributed by atoms with Crippen molar-refractivity contribution in [3.8, 4) is 0 Å². The topological polar surface area (TPSA) is 55.1 Å². The van der Waals surface area contributed by atoms with Gasteiger partial charge in [-0.3, -0.25) is 4.79 Å². The van der Waals surface area contributed by atoms with Crippen LogP contribution in [0.3, 0.4) is 0 Å². The van der Waals surface area contributed by atoms with E-state index >= 15 is 0 Å². The van der Waals surface area contributed by atoms with Gasteiger partial charge >= 0.3 is 0 Å². The van der Waals surface area contributed by atoms with Crippen LogP contribution in [0.25, 0.3) is 0 Å². The van der Waals surface area contributed by atoms with Crippen LogP contribution in [-0.2, 0) is 4.79 Å². The fourth-order valence-corrected chi connectivity index (χ4v) is 2.60. The van der Waals surface area contributed by atoms with Gasteiger partial charge in [-0.05, 0) is 30.9 Å². The van der Waals surface area contributed by atoms with E-state index in [9.17, 15) is 4.79 Å². The zero-order chi connectivity index (χ0) is 12.1. The molecule has 1 aromatic rings. The summed E-state index contributed by atoms with van der Waals surface area (Å²) in [6.07, 6.45) is 5.92. The molecular weight excluding hydrogens is 212 g/mol. The monoisotopic (exact) mass is 232 g/mol. The first kappa shape index (κ1) is 12.0. The molecule has 3 nitrogen and oxygen atoms in total. The summed E-state index contributed by atoms with van der Waals surface area (Å²) in [5, 5.41) is 3.27. The molecule has 1 aliphatic rings. The molecule has 1 amide bonds. The number of carbonyl (C=O) groups is 1. The molecule has 0 radical (unpaired) electrons. The Hall–Kier alpha value is -1.51. The number of hydrogen-bond acceptors (Lipinski definition) is 2. The summed E-state index contributed by atoms with van der Waals surface area (Å²) in [6.45, 7) is 0. The number of nitrogens with two attached hydrogens (primary N) is 1. The van der Waals surface area contributed by atoms with Crippen molar-refractivity contribution in [1.82, 2.24) is 0 Å². The maximum atomic E-state index is 11.6. The van der Waals surface area contributed by atoms with Gasteiger partial charge in [0.15, 0.2) is 0 Å². The lowest BCUT2D eigenvalue weighted by Crippen LogP contribution is -2.42. The molecule has 0 aromatic heterocycles. The summed E-state index contributed by atoms with van der Waals surface area (Å²) in [6, 6.07) is 9.60. The summed E-state index contributed by atoms with van der Waals surface area (Å²) >= 11 is 0. The van der Waals surface area contributed by atoms with Crippen LogP contribution in [0.4, 0.5) is 5.69 Å². The smallest absolute Gasteiger partial charge is 0.240 e. The normalized spacial score (nSPS) is 18.6. The molecule has 1 aromatic carbocycles. The van der Waals surface area contributed by atoms with Crippen molar-refractivity contribution in [2.45, 2.75) is 38.1 Å². The zero-order valence-electron chi connectivity index (χ0n) is 10.1. The first-order chi connectivity index (χ1) is 8.27. The summed E-state index contributed by atoms with van der Waals surface area (Å²) in [5.41, 5.74) is 6.49. The summed E-state index contributed by atoms with van der Waals surface area (Å²) < 4.78 is 0. The van der Waals surface area contributed by atoms with E-state index in [0.29, 0.717) is 5.92 Å². The Bertz CT molecular complexity index is 358. The van der Waals surface area contributed by atoms with Gasteiger partial charge in [-0.25, -0.2) is 0 Å². The van der Waals surface area contributed by atoms with Gasteiger partial charge < -0.3 is 11.1 Å². The van der Waals surface area contributed by atoms with E-state index in [2.05, 4.69) is 5.32 Å². The van der Waals surface area contributed by atoms with Gasteiger partial charge in [0.25, 0.3) is 0 Å². The standard InChI is InChI=1S/C14H20N2O/c15-14(17)13(11-7-3-1-4-8-11)16-12-9-5-2-6-10-12/h2,5-6,9-11,13,16H,1,3-4,7-8H2,(H2,15,17). The number of hydrogen-bond donors (Lipinski definition) is 2. The molecule has 92 valence electrons. The van der Waals surface area contributed by atoms with Crippen molar-refractivity contribution in [3.63, 3.8) is 0 Å². The summed E-state index contributed by atoms with van der Waals surface area (Å²) in [4.78, 5) is 11.6. The third kappa shape index (κ3) is 3.22. The maximum Gasteiger partial charge on any atom is 0.240 e. The lowest BCUT2D eigenvalue weighted by molar-refractivity contribution is -0.120. The van der Waals surface area contributed by atoms with Crippen molar-refractivity contribution in [3.05, 3.63) is 30.3 Å². The molecule has 0 bridgehead atoms. The maximum absolute atomic E-state index is 11.6. The van der Waals surface area contributed by atoms with Crippen LogP contribution in [0.15, 0.2) is 30.3 Å². The largest absolute Gasteiger partial charge is 0.373 e. The van der Waals surface area contributed by atoms with Gasteiger partial charge in [-0.15, -0.1) is 0 Å². The minimum Gasteiger partial charge on any atom is -0.373 e. The Labute approximate surface area is 102 Å². The third-order valence-electron chi connectivity index (χ3n) is 3.52. The second-order valence-corrected chi connectivity index (χ2v) is 4.79. The number of primary amides is 1. The molecule has 0 aliphatic heterocycles. The minimum absolute atomic E-state index is 0.224. The number of nitrogens with one attached hydrogen (secondary N) is 1. The zero-order valence-corrected chi connectivity index (χ0v) is 10.1. The quantitative estimate of drug-likeness (QED) is 0.838. The van der Waals surface area contributed by atoms with Crippen LogP contribution in [-0.4, -0.2) is 11.9 Å². The van der Waals surface area contributed by atoms with Crippen LogP contribution in [0.1, 0.15) is 32.1 Å². The highest BCUT2D eigenvalue weighted by Gasteiger charge is 2.27. The number of rotatable bonds is 4. The number of amides is 1. The van der Waals surface area contributed by atoms with Crippen molar-refractivity contribution in [2.75, 3.05) is 5.32 Å². The average Bonchev–Trinajstić information content (AvgIpc) is 2.38. The van der Waals surface area contributed by atoms with Crippen LogP contribution in [0.2, 0.25) is 0 Å². The molecular formula is C14H20N2O. The highest BCUT2D eigenvalue weighted by Crippen LogP contribution is 2.28. The predicted octanol–water partition coefficient (Wildman–Crippen LogP) is 2.53. The molecule has 0 spiro atoms. The Morgan fingerprint density at radius 1 is 1.18 bits per heavy atom. The fraction of sp³-hybridized carbons (Fsp3) is 0.500. The Morgan fingerprint density at radius 3 is 2.41 bits per heavy atom. The molecule has 17 heavy (non-hydrogen) atoms. The molecule has 3 heteroatoms. The van der Waals surface area contributed by atoms with Gasteiger partial charge in [0, 0.05) is 5.69 Å². The van der Waals surface area contributed by atoms with Crippen molar-refractivity contribution in [1.29, 1.82) is 0 Å². The molecule has 0 saturated heterocycles. The predicted molar refractivity (Wildman–Crippen MR) is 69.6 cm³/mol. The van der Waals surface area contributed by atoms with Gasteiger partial charge in [0.2, 0.25) is 5.91 Å². The lowest BCUT2D eigenvalue weighted by atomic mass is 9.83. The minimum atomic E-state index is -0.235. The van der Waals surface area contributed by atoms with E-state index in [1.54, 1.807) is 0 Å². The van der Waals surface area contributed by atoms with Crippen molar-refractivity contribution < 1.29 is 4.79 Å². The fourth-order valence-electron chi connectivity index (χ4n) is 2.60. The van der Waals surface area contributed by atoms with E-state index in [0.717, 1.165) is 18.5 Å². The van der Waals surface area contributed by atoms with E-state index in [1.807, 2.05) is 30.3 Å². The Morgan fingerprint density at radius 2 is 1.82 bits per heavy atom. The van der Waals surface area contributed by atoms with Crippen molar-refractivity contribution in [2.24, 2.45) is 11.7 Å². The lowest BCUT2D eigenvalue weighted by Gasteiger charge is -2.29. The molecule has 1 saturated carbocycles. The summed E-state index contributed by atoms with van der Waals surface area (Å²) in [7, 11) is 0. The Balaban J connectivity index is 2.04. The molecule has 1 fully saturated rings. The van der Waals surface area contributed by atoms with E-state index in [4.69, 9.17) is 5.73 Å². The second kappa shape index (κ2) is 5.71. The average molecular weight is 232 g/mol. The SMILES string of the molecule is NC(=O)C(Nc1ccccc1)C1CCCCC1. The highest BCUT2D eigenvalue weighted by molar-refractivity contribution is 5.83. The van der Waals surface area contributed by atoms with E-state index in [1.165, 1.54) is 19.3 Å². The van der Waals surface area contributed by atoms with Crippen LogP contribution in [0.5, 0.6) is 0 Å². The number of carbonyl (C=O) groups excluding carboxylic acids is 1. The van der Waals surface area contributed by atoms with Crippen LogP contribution >= 0.6 is 0 Å². The van der Waals surface area contributed by atoms with Crippen LogP contribution < -0.4 is 11.1 Å². The molecule has 1 atom stereocenters. The van der Waals surface area contributed by atoms with Gasteiger partial charge in [0.1, 0.15) is 6.04 Å². The van der Waals surface area contributed by atoms with Gasteiger partial charge in [-0.2, -0.15) is 0 Å². The number of benzene rings is 1. The van der Waals surface area contributed by atoms with Crippen LogP contribution in [0, 0.1) is 5.92 Å². The highest BCUT2D eigenvalue weighted by atomic mass is 16.1. The van der Waals surface area contributed by atoms with E-state index in [-0.39, 0.29) is 11.9 Å². The number of para-hydroxylation sites is 1. The molecule has 0 heterocycles. The number of anilines is 1. The molecule has 2 rings (SSSR count). The third-order valence-corrected chi connectivity index (χ3v) is 3.52. The molecule has 1 unspecified atom stereocenters. The Kier molecular flexibility index (Phi) is 4.02. The first-order valence-corrected chi connectivity index (χ1v) is 6.38. The second-order valence-electron chi connectivity index (χ2n) is 4.79.